The smallest absolute Gasteiger partial charge is 0.394 e. The highest BCUT2D eigenvalue weighted by molar-refractivity contribution is 5.99. The van der Waals surface area contributed by atoms with Crippen LogP contribution in [-0.2, 0) is 17.5 Å². The number of carbonyl (C=O) groups excluding carboxylic acids is 2. The van der Waals surface area contributed by atoms with Gasteiger partial charge in [0.05, 0.1) is 24.2 Å². The number of amides is 2. The third-order valence-corrected chi connectivity index (χ3v) is 7.10. The van der Waals surface area contributed by atoms with Crippen LogP contribution in [0, 0.1) is 0 Å². The Morgan fingerprint density at radius 1 is 1.27 bits per heavy atom. The predicted octanol–water partition coefficient (Wildman–Crippen LogP) is 3.01. The quantitative estimate of drug-likeness (QED) is 0.660. The molecule has 2 fully saturated rings. The number of hydrogen-bond acceptors (Lipinski definition) is 6. The fourth-order valence-corrected chi connectivity index (χ4v) is 5.15. The lowest BCUT2D eigenvalue weighted by Gasteiger charge is -2.45. The highest BCUT2D eigenvalue weighted by Crippen LogP contribution is 2.45. The van der Waals surface area contributed by atoms with Crippen molar-refractivity contribution in [3.63, 3.8) is 0 Å². The molecule has 1 aliphatic heterocycles. The van der Waals surface area contributed by atoms with Gasteiger partial charge in [-0.25, -0.2) is 0 Å². The molecule has 0 saturated heterocycles. The van der Waals surface area contributed by atoms with E-state index in [2.05, 4.69) is 14.7 Å². The van der Waals surface area contributed by atoms with Crippen molar-refractivity contribution in [2.75, 3.05) is 6.61 Å². The number of carbonyl (C=O) groups is 2. The third-order valence-electron chi connectivity index (χ3n) is 7.10. The van der Waals surface area contributed by atoms with E-state index in [4.69, 9.17) is 0 Å². The fourth-order valence-electron chi connectivity index (χ4n) is 5.15. The Morgan fingerprint density at radius 3 is 2.67 bits per heavy atom. The lowest BCUT2D eigenvalue weighted by Crippen LogP contribution is -2.57. The molecule has 2 atom stereocenters. The molecular weight excluding hydrogens is 441 g/mol. The second-order valence-corrected chi connectivity index (χ2v) is 9.04. The monoisotopic (exact) mass is 464 g/mol. The highest BCUT2D eigenvalue weighted by Gasteiger charge is 2.52. The minimum atomic E-state index is -4.75. The molecule has 2 amide bonds. The number of aromatic nitrogens is 2. The number of alkyl halides is 3. The number of fused-ring (bicyclic) bond motifs is 1. The van der Waals surface area contributed by atoms with Crippen molar-refractivity contribution in [2.45, 2.75) is 68.9 Å². The van der Waals surface area contributed by atoms with Crippen LogP contribution in [0.4, 0.5) is 13.2 Å². The first-order valence-corrected chi connectivity index (χ1v) is 11.0. The molecule has 8 nitrogen and oxygen atoms in total. The van der Waals surface area contributed by atoms with Gasteiger partial charge in [0, 0.05) is 17.7 Å². The Labute approximate surface area is 187 Å². The number of aliphatic hydroxyl groups excluding tert-OH is 1. The molecule has 2 aliphatic carbocycles. The number of benzene rings is 1. The minimum Gasteiger partial charge on any atom is -0.394 e. The van der Waals surface area contributed by atoms with E-state index in [0.29, 0.717) is 12.1 Å². The maximum atomic E-state index is 13.4. The largest absolute Gasteiger partial charge is 0.471 e. The van der Waals surface area contributed by atoms with Gasteiger partial charge in [0.25, 0.3) is 5.91 Å². The van der Waals surface area contributed by atoms with Crippen molar-refractivity contribution in [1.82, 2.24) is 19.9 Å². The summed E-state index contributed by atoms with van der Waals surface area (Å²) in [6, 6.07) is 4.38. The Hall–Kier alpha value is -2.95. The Morgan fingerprint density at radius 2 is 2.03 bits per heavy atom. The summed E-state index contributed by atoms with van der Waals surface area (Å²) in [7, 11) is 0. The first-order chi connectivity index (χ1) is 15.8. The van der Waals surface area contributed by atoms with Gasteiger partial charge in [-0.15, -0.1) is 0 Å². The average molecular weight is 464 g/mol. The van der Waals surface area contributed by atoms with Gasteiger partial charge in [0.15, 0.2) is 0 Å². The van der Waals surface area contributed by atoms with Crippen molar-refractivity contribution in [1.29, 1.82) is 0 Å². The zero-order chi connectivity index (χ0) is 23.4. The van der Waals surface area contributed by atoms with Gasteiger partial charge in [0.1, 0.15) is 0 Å². The first-order valence-electron chi connectivity index (χ1n) is 11.0. The van der Waals surface area contributed by atoms with Crippen LogP contribution in [0.2, 0.25) is 0 Å². The normalized spacial score (nSPS) is 24.0. The second-order valence-electron chi connectivity index (χ2n) is 9.04. The maximum absolute atomic E-state index is 13.4. The van der Waals surface area contributed by atoms with E-state index in [1.807, 2.05) is 0 Å². The molecule has 0 spiro atoms. The topological polar surface area (TPSA) is 99.8 Å². The van der Waals surface area contributed by atoms with Gasteiger partial charge in [-0.3, -0.25) is 9.59 Å². The van der Waals surface area contributed by atoms with Crippen molar-refractivity contribution in [3.05, 3.63) is 35.2 Å². The van der Waals surface area contributed by atoms with Crippen LogP contribution in [0.5, 0.6) is 0 Å². The molecule has 1 N–H and O–H groups in total. The number of aliphatic hydroxyl groups is 1. The lowest BCUT2D eigenvalue weighted by atomic mass is 9.87. The Balaban J connectivity index is 1.41. The molecule has 33 heavy (non-hydrogen) atoms. The van der Waals surface area contributed by atoms with Gasteiger partial charge in [-0.2, -0.15) is 18.2 Å². The second kappa shape index (κ2) is 7.82. The van der Waals surface area contributed by atoms with Gasteiger partial charge >= 0.3 is 12.1 Å². The summed E-state index contributed by atoms with van der Waals surface area (Å²) in [6.07, 6.45) is 0.888. The molecule has 1 aromatic carbocycles. The number of halogens is 3. The standard InChI is InChI=1S/C22H23F3N4O4/c23-22(24,25)20-26-18(27-33-20)13-5-6-14-10-28(19(32)15(14)9-13)16-3-1-2-4-17(16)29(12-31)21(11-30)7-8-21/h5-6,9,12,16-17,30H,1-4,7-8,10-11H2/t16-,17-/m1/s1. The summed E-state index contributed by atoms with van der Waals surface area (Å²) >= 11 is 0. The number of hydrogen-bond donors (Lipinski definition) is 1. The summed E-state index contributed by atoms with van der Waals surface area (Å²) in [5, 5.41) is 13.3. The first kappa shape index (κ1) is 21.9. The molecule has 1 aromatic heterocycles. The Kier molecular flexibility index (Phi) is 5.19. The van der Waals surface area contributed by atoms with Gasteiger partial charge < -0.3 is 19.4 Å². The molecule has 0 bridgehead atoms. The SMILES string of the molecule is O=CN([C@@H]1CCCC[C@H]1N1Cc2ccc(-c3noc(C(F)(F)F)n3)cc2C1=O)C1(CO)CC1. The Bertz CT molecular complexity index is 1080. The van der Waals surface area contributed by atoms with E-state index in [1.54, 1.807) is 21.9 Å². The molecule has 176 valence electrons. The molecule has 5 rings (SSSR count). The van der Waals surface area contributed by atoms with Gasteiger partial charge in [-0.05, 0) is 37.3 Å². The van der Waals surface area contributed by atoms with Gasteiger partial charge in [-0.1, -0.05) is 30.1 Å². The molecule has 11 heteroatoms. The summed E-state index contributed by atoms with van der Waals surface area (Å²) in [6.45, 7) is 0.256. The number of nitrogens with zero attached hydrogens (tertiary/aromatic N) is 4. The van der Waals surface area contributed by atoms with Crippen LogP contribution in [0.25, 0.3) is 11.4 Å². The lowest BCUT2D eigenvalue weighted by molar-refractivity contribution is -0.159. The summed E-state index contributed by atoms with van der Waals surface area (Å²) in [5.74, 6) is -1.91. The summed E-state index contributed by atoms with van der Waals surface area (Å²) < 4.78 is 42.7. The number of rotatable bonds is 6. The van der Waals surface area contributed by atoms with Crippen LogP contribution in [0.15, 0.2) is 22.7 Å². The molecule has 2 heterocycles. The molecule has 2 saturated carbocycles. The molecule has 3 aliphatic rings. The van der Waals surface area contributed by atoms with Crippen LogP contribution in [0.3, 0.4) is 0 Å². The zero-order valence-corrected chi connectivity index (χ0v) is 17.7. The fraction of sp³-hybridized carbons (Fsp3) is 0.545. The summed E-state index contributed by atoms with van der Waals surface area (Å²) in [5.41, 5.74) is 0.874. The van der Waals surface area contributed by atoms with Gasteiger partial charge in [0.2, 0.25) is 12.2 Å². The van der Waals surface area contributed by atoms with Crippen molar-refractivity contribution < 1.29 is 32.4 Å². The van der Waals surface area contributed by atoms with Crippen LogP contribution in [0.1, 0.15) is 60.3 Å². The maximum Gasteiger partial charge on any atom is 0.471 e. The zero-order valence-electron chi connectivity index (χ0n) is 17.7. The summed E-state index contributed by atoms with van der Waals surface area (Å²) in [4.78, 5) is 32.2. The van der Waals surface area contributed by atoms with E-state index in [1.165, 1.54) is 6.07 Å². The van der Waals surface area contributed by atoms with Crippen molar-refractivity contribution in [3.8, 4) is 11.4 Å². The predicted molar refractivity (Wildman–Crippen MR) is 108 cm³/mol. The van der Waals surface area contributed by atoms with E-state index in [-0.39, 0.29) is 36.0 Å². The molecular formula is C22H23F3N4O4. The third kappa shape index (κ3) is 3.68. The van der Waals surface area contributed by atoms with Crippen LogP contribution >= 0.6 is 0 Å². The minimum absolute atomic E-state index is 0.100. The van der Waals surface area contributed by atoms with E-state index >= 15 is 0 Å². The van der Waals surface area contributed by atoms with Crippen LogP contribution in [-0.4, -0.2) is 61.6 Å². The highest BCUT2D eigenvalue weighted by atomic mass is 19.4. The van der Waals surface area contributed by atoms with E-state index < -0.39 is 17.6 Å². The van der Waals surface area contributed by atoms with Crippen molar-refractivity contribution >= 4 is 12.3 Å². The molecule has 0 radical (unpaired) electrons. The molecule has 0 unspecified atom stereocenters. The van der Waals surface area contributed by atoms with E-state index in [9.17, 15) is 27.9 Å². The molecule has 2 aromatic rings. The van der Waals surface area contributed by atoms with E-state index in [0.717, 1.165) is 50.5 Å². The van der Waals surface area contributed by atoms with Crippen molar-refractivity contribution in [2.24, 2.45) is 0 Å². The average Bonchev–Trinajstić information content (AvgIpc) is 3.28. The van der Waals surface area contributed by atoms with Crippen LogP contribution < -0.4 is 0 Å².